The molecule has 0 atom stereocenters. The van der Waals surface area contributed by atoms with Gasteiger partial charge >= 0.3 is 0 Å². The van der Waals surface area contributed by atoms with Gasteiger partial charge in [-0.2, -0.15) is 0 Å². The molecule has 2 aromatic rings. The number of aliphatic hydroxyl groups excluding tert-OH is 1. The summed E-state index contributed by atoms with van der Waals surface area (Å²) in [5.41, 5.74) is 1.44. The van der Waals surface area contributed by atoms with Crippen LogP contribution >= 0.6 is 35.3 Å². The highest BCUT2D eigenvalue weighted by Crippen LogP contribution is 2.24. The number of hydrogen-bond donors (Lipinski definition) is 3. The maximum Gasteiger partial charge on any atom is 0.191 e. The lowest BCUT2D eigenvalue weighted by atomic mass is 10.1. The highest BCUT2D eigenvalue weighted by Gasteiger charge is 2.19. The van der Waals surface area contributed by atoms with Crippen LogP contribution in [0.1, 0.15) is 35.1 Å². The molecule has 0 unspecified atom stereocenters. The van der Waals surface area contributed by atoms with Crippen LogP contribution < -0.4 is 15.5 Å². The van der Waals surface area contributed by atoms with E-state index in [1.807, 2.05) is 24.0 Å². The zero-order valence-electron chi connectivity index (χ0n) is 16.9. The molecule has 3 N–H and O–H groups in total. The van der Waals surface area contributed by atoms with Crippen LogP contribution in [-0.2, 0) is 13.1 Å². The maximum absolute atomic E-state index is 14.6. The van der Waals surface area contributed by atoms with E-state index in [9.17, 15) is 9.50 Å². The molecule has 0 saturated carbocycles. The summed E-state index contributed by atoms with van der Waals surface area (Å²) in [5, 5.41) is 16.2. The Morgan fingerprint density at radius 2 is 2.00 bits per heavy atom. The molecular formula is C21H30FIN4OS. The average molecular weight is 532 g/mol. The van der Waals surface area contributed by atoms with Crippen molar-refractivity contribution in [2.24, 2.45) is 4.99 Å². The van der Waals surface area contributed by atoms with Crippen molar-refractivity contribution < 1.29 is 9.50 Å². The predicted octanol–water partition coefficient (Wildman–Crippen LogP) is 4.03. The Hall–Kier alpha value is -1.39. The predicted molar refractivity (Wildman–Crippen MR) is 130 cm³/mol. The Kier molecular flexibility index (Phi) is 9.64. The fourth-order valence-electron chi connectivity index (χ4n) is 3.28. The molecule has 1 aromatic carbocycles. The molecule has 1 aliphatic heterocycles. The van der Waals surface area contributed by atoms with Crippen LogP contribution in [0.25, 0.3) is 0 Å². The van der Waals surface area contributed by atoms with E-state index in [4.69, 9.17) is 0 Å². The van der Waals surface area contributed by atoms with E-state index in [2.05, 4.69) is 34.7 Å². The molecule has 1 aromatic heterocycles. The van der Waals surface area contributed by atoms with Gasteiger partial charge in [0.2, 0.25) is 0 Å². The van der Waals surface area contributed by atoms with Crippen molar-refractivity contribution in [3.8, 4) is 0 Å². The van der Waals surface area contributed by atoms with Gasteiger partial charge in [-0.05, 0) is 56.5 Å². The summed E-state index contributed by atoms with van der Waals surface area (Å²) in [6, 6.07) is 9.55. The molecule has 0 bridgehead atoms. The standard InChI is InChI=1S/C21H29FN4OS.HI/c1-3-23-21(25-14-18-6-4-15(2)28-18)24-13-16-5-7-20(19(22)12-16)26-10-8-17(27)9-11-26;/h4-7,12,17,27H,3,8-11,13-14H2,1-2H3,(H2,23,24,25);1H. The average Bonchev–Trinajstić information content (AvgIpc) is 3.10. The first-order valence-electron chi connectivity index (χ1n) is 9.84. The largest absolute Gasteiger partial charge is 0.393 e. The summed E-state index contributed by atoms with van der Waals surface area (Å²) >= 11 is 1.76. The number of nitrogens with zero attached hydrogens (tertiary/aromatic N) is 2. The molecule has 5 nitrogen and oxygen atoms in total. The molecule has 29 heavy (non-hydrogen) atoms. The number of halogens is 2. The van der Waals surface area contributed by atoms with E-state index in [1.54, 1.807) is 17.4 Å². The second-order valence-electron chi connectivity index (χ2n) is 7.07. The van der Waals surface area contributed by atoms with Crippen LogP contribution in [-0.4, -0.2) is 36.8 Å². The van der Waals surface area contributed by atoms with Gasteiger partial charge in [0.25, 0.3) is 0 Å². The summed E-state index contributed by atoms with van der Waals surface area (Å²) in [6.07, 6.45) is 1.11. The minimum atomic E-state index is -0.261. The van der Waals surface area contributed by atoms with Crippen molar-refractivity contribution in [2.75, 3.05) is 24.5 Å². The molecule has 1 fully saturated rings. The van der Waals surface area contributed by atoms with Crippen LogP contribution in [0.5, 0.6) is 0 Å². The van der Waals surface area contributed by atoms with Gasteiger partial charge in [-0.25, -0.2) is 9.38 Å². The molecule has 0 spiro atoms. The van der Waals surface area contributed by atoms with Crippen molar-refractivity contribution in [3.63, 3.8) is 0 Å². The molecule has 1 saturated heterocycles. The lowest BCUT2D eigenvalue weighted by molar-refractivity contribution is 0.145. The molecule has 1 aliphatic rings. The quantitative estimate of drug-likeness (QED) is 0.299. The van der Waals surface area contributed by atoms with E-state index >= 15 is 0 Å². The molecule has 8 heteroatoms. The zero-order valence-corrected chi connectivity index (χ0v) is 20.1. The van der Waals surface area contributed by atoms with Gasteiger partial charge in [0.05, 0.1) is 24.9 Å². The van der Waals surface area contributed by atoms with Gasteiger partial charge in [0, 0.05) is 29.4 Å². The lowest BCUT2D eigenvalue weighted by Crippen LogP contribution is -2.36. The fourth-order valence-corrected chi connectivity index (χ4v) is 4.11. The van der Waals surface area contributed by atoms with E-state index < -0.39 is 0 Å². The third kappa shape index (κ3) is 7.11. The topological polar surface area (TPSA) is 59.9 Å². The maximum atomic E-state index is 14.6. The molecule has 160 valence electrons. The summed E-state index contributed by atoms with van der Waals surface area (Å²) in [7, 11) is 0. The van der Waals surface area contributed by atoms with Gasteiger partial charge in [0.1, 0.15) is 5.82 Å². The number of piperidine rings is 1. The Bertz CT molecular complexity index is 806. The summed E-state index contributed by atoms with van der Waals surface area (Å²) in [4.78, 5) is 9.13. The van der Waals surface area contributed by atoms with E-state index in [0.717, 1.165) is 24.6 Å². The lowest BCUT2D eigenvalue weighted by Gasteiger charge is -2.31. The van der Waals surface area contributed by atoms with Gasteiger partial charge in [-0.1, -0.05) is 6.07 Å². The zero-order chi connectivity index (χ0) is 19.9. The number of thiophene rings is 1. The van der Waals surface area contributed by atoms with Crippen molar-refractivity contribution in [3.05, 3.63) is 51.5 Å². The molecule has 0 aliphatic carbocycles. The van der Waals surface area contributed by atoms with Crippen molar-refractivity contribution in [2.45, 2.75) is 45.9 Å². The second kappa shape index (κ2) is 11.7. The minimum Gasteiger partial charge on any atom is -0.393 e. The van der Waals surface area contributed by atoms with Crippen LogP contribution in [0.4, 0.5) is 10.1 Å². The van der Waals surface area contributed by atoms with Crippen LogP contribution in [0.15, 0.2) is 35.3 Å². The number of rotatable bonds is 6. The van der Waals surface area contributed by atoms with Crippen molar-refractivity contribution >= 4 is 47.0 Å². The highest BCUT2D eigenvalue weighted by atomic mass is 127. The van der Waals surface area contributed by atoms with Crippen molar-refractivity contribution in [1.29, 1.82) is 0 Å². The molecular weight excluding hydrogens is 502 g/mol. The minimum absolute atomic E-state index is 0. The first kappa shape index (κ1) is 23.9. The van der Waals surface area contributed by atoms with Gasteiger partial charge < -0.3 is 20.6 Å². The summed E-state index contributed by atoms with van der Waals surface area (Å²) in [5.74, 6) is 0.499. The Morgan fingerprint density at radius 1 is 1.24 bits per heavy atom. The monoisotopic (exact) mass is 532 g/mol. The number of benzene rings is 1. The first-order chi connectivity index (χ1) is 13.5. The highest BCUT2D eigenvalue weighted by molar-refractivity contribution is 14.0. The van der Waals surface area contributed by atoms with Crippen LogP contribution in [0, 0.1) is 12.7 Å². The molecule has 3 rings (SSSR count). The van der Waals surface area contributed by atoms with E-state index in [0.29, 0.717) is 38.2 Å². The molecule has 2 heterocycles. The summed E-state index contributed by atoms with van der Waals surface area (Å²) in [6.45, 7) is 7.39. The van der Waals surface area contributed by atoms with Crippen molar-refractivity contribution in [1.82, 2.24) is 10.6 Å². The second-order valence-corrected chi connectivity index (χ2v) is 8.44. The van der Waals surface area contributed by atoms with Gasteiger partial charge in [0.15, 0.2) is 5.96 Å². The number of aliphatic imine (C=N–C) groups is 1. The SMILES string of the molecule is CCNC(=NCc1ccc(N2CCC(O)CC2)c(F)c1)NCc1ccc(C)s1.I. The number of hydrogen-bond acceptors (Lipinski definition) is 4. The Balaban J connectivity index is 0.00000300. The normalized spacial score (nSPS) is 15.2. The van der Waals surface area contributed by atoms with E-state index in [-0.39, 0.29) is 35.9 Å². The number of nitrogens with one attached hydrogen (secondary N) is 2. The number of aliphatic hydroxyl groups is 1. The fraction of sp³-hybridized carbons (Fsp3) is 0.476. The van der Waals surface area contributed by atoms with Gasteiger partial charge in [-0.15, -0.1) is 35.3 Å². The number of aryl methyl sites for hydroxylation is 1. The Labute approximate surface area is 193 Å². The van der Waals surface area contributed by atoms with E-state index in [1.165, 1.54) is 9.75 Å². The molecule has 0 radical (unpaired) electrons. The first-order valence-corrected chi connectivity index (χ1v) is 10.7. The number of anilines is 1. The van der Waals surface area contributed by atoms with Gasteiger partial charge in [-0.3, -0.25) is 0 Å². The smallest absolute Gasteiger partial charge is 0.191 e. The number of guanidine groups is 1. The van der Waals surface area contributed by atoms with Crippen LogP contribution in [0.2, 0.25) is 0 Å². The Morgan fingerprint density at radius 3 is 2.62 bits per heavy atom. The summed E-state index contributed by atoms with van der Waals surface area (Å²) < 4.78 is 14.6. The third-order valence-corrected chi connectivity index (χ3v) is 5.81. The molecule has 0 amide bonds. The van der Waals surface area contributed by atoms with Crippen LogP contribution in [0.3, 0.4) is 0 Å². The third-order valence-electron chi connectivity index (χ3n) is 4.81.